The second-order valence-electron chi connectivity index (χ2n) is 27.4. The van der Waals surface area contributed by atoms with E-state index in [1.54, 1.807) is 100 Å². The van der Waals surface area contributed by atoms with E-state index in [4.69, 9.17) is 0 Å². The lowest BCUT2D eigenvalue weighted by atomic mass is 10.1. The van der Waals surface area contributed by atoms with Crippen LogP contribution in [0.15, 0.2) is 329 Å². The van der Waals surface area contributed by atoms with Crippen LogP contribution in [0.5, 0.6) is 0 Å². The second kappa shape index (κ2) is 43.1. The fourth-order valence-electron chi connectivity index (χ4n) is 12.3. The fourth-order valence-corrected chi connectivity index (χ4v) is 12.3. The molecule has 0 radical (unpaired) electrons. The van der Waals surface area contributed by atoms with Crippen LogP contribution in [0, 0.1) is 69.2 Å². The molecule has 25 nitrogen and oxygen atoms in total. The summed E-state index contributed by atoms with van der Waals surface area (Å²) in [6, 6.07) is 69.5. The molecule has 25 heteroatoms. The maximum Gasteiger partial charge on any atom is 0.260 e. The van der Waals surface area contributed by atoms with E-state index in [9.17, 15) is 4.79 Å². The summed E-state index contributed by atoms with van der Waals surface area (Å²) in [4.78, 5) is 89.5. The molecule has 6 aromatic carbocycles. The summed E-state index contributed by atoms with van der Waals surface area (Å²) in [7, 11) is 1.70. The Labute approximate surface area is 703 Å². The van der Waals surface area contributed by atoms with E-state index in [0.29, 0.717) is 16.7 Å². The molecule has 16 aromatic heterocycles. The van der Waals surface area contributed by atoms with Crippen LogP contribution in [0.4, 0.5) is 0 Å². The van der Waals surface area contributed by atoms with Gasteiger partial charge in [-0.3, -0.25) is 34.7 Å². The van der Waals surface area contributed by atoms with Gasteiger partial charge in [-0.2, -0.15) is 20.4 Å². The number of nitrogens with zero attached hydrogens (tertiary/aromatic N) is 24. The lowest BCUT2D eigenvalue weighted by Crippen LogP contribution is -2.16. The number of pyridine rings is 8. The van der Waals surface area contributed by atoms with Crippen molar-refractivity contribution in [1.29, 1.82) is 0 Å². The van der Waals surface area contributed by atoms with Gasteiger partial charge in [-0.25, -0.2) is 64.8 Å². The monoisotopic (exact) mass is 1600 g/mol. The Morgan fingerprint density at radius 3 is 1.24 bits per heavy atom. The first-order chi connectivity index (χ1) is 59.6. The molecule has 0 saturated carbocycles. The highest BCUT2D eigenvalue weighted by Crippen LogP contribution is 2.20. The van der Waals surface area contributed by atoms with Gasteiger partial charge < -0.3 is 4.57 Å². The van der Waals surface area contributed by atoms with Crippen molar-refractivity contribution in [2.75, 3.05) is 0 Å². The first-order valence-corrected chi connectivity index (χ1v) is 38.8. The van der Waals surface area contributed by atoms with Crippen LogP contribution in [0.2, 0.25) is 0 Å². The molecule has 0 spiro atoms. The highest BCUT2D eigenvalue weighted by Gasteiger charge is 2.05. The van der Waals surface area contributed by atoms with E-state index < -0.39 is 0 Å². The average molecular weight is 1600 g/mol. The van der Waals surface area contributed by atoms with Gasteiger partial charge in [0.1, 0.15) is 35.5 Å². The van der Waals surface area contributed by atoms with Gasteiger partial charge >= 0.3 is 0 Å². The predicted octanol–water partition coefficient (Wildman–Crippen LogP) is 19.1. The molecule has 122 heavy (non-hydrogen) atoms. The lowest BCUT2D eigenvalue weighted by molar-refractivity contribution is 0.843. The molecule has 0 unspecified atom stereocenters. The Balaban J connectivity index is 0.000000123. The van der Waals surface area contributed by atoms with Crippen molar-refractivity contribution in [2.24, 2.45) is 7.05 Å². The number of hydrogen-bond acceptors (Lipinski definition) is 24. The maximum atomic E-state index is 11.5. The van der Waals surface area contributed by atoms with E-state index >= 15 is 0 Å². The van der Waals surface area contributed by atoms with Crippen LogP contribution >= 0.6 is 0 Å². The minimum Gasteiger partial charge on any atom is -0.302 e. The standard InChI is InChI=1S/2C10H9N.C9H8N2O.5C9H8N2.2C8H7N3.C7H6N4/c1-8-10-5-3-2-4-9(10)6-7-11-8;1-8-6-7-11-10-5-3-2-4-9(8)10;1-11-6-10-8-5-3-2-4-7(8)9(11)12;1-7-4-6-10-8-3-2-5-11-9(7)8;1-7-4-6-11-9-8(7)3-2-5-10-9;1-7-8-4-2-3-5-9(8)11-6-10-7;1-7-9-5-3-2-4-8(9)6-10-11-7;1-7-6-10-11-9-5-3-2-4-8(7)9;1-6-2-3-10-8-7(6)9-4-5-11-8;1-6-8-7(11-5-10-6)3-2-4-9-8;1-5-6-7(11-4-10-5)9-3-2-8-6/h2*2-7H,1H3;2-6H,1H3;5*2-6H,1H3;2*2-5H,1H3;2-4H,1H3. The highest BCUT2D eigenvalue weighted by molar-refractivity contribution is 5.86. The zero-order valence-corrected chi connectivity index (χ0v) is 69.2. The van der Waals surface area contributed by atoms with Crippen molar-refractivity contribution >= 4 is 121 Å². The van der Waals surface area contributed by atoms with Crippen molar-refractivity contribution in [3.05, 3.63) is 391 Å². The van der Waals surface area contributed by atoms with E-state index in [0.717, 1.165) is 111 Å². The van der Waals surface area contributed by atoms with Gasteiger partial charge in [0.2, 0.25) is 0 Å². The zero-order chi connectivity index (χ0) is 85.4. The summed E-state index contributed by atoms with van der Waals surface area (Å²) >= 11 is 0. The molecule has 600 valence electrons. The normalized spacial score (nSPS) is 10.3. The quantitative estimate of drug-likeness (QED) is 0.136. The fraction of sp³-hybridized carbons (Fsp3) is 0.113. The highest BCUT2D eigenvalue weighted by atomic mass is 16.1. The van der Waals surface area contributed by atoms with Crippen LogP contribution in [-0.4, -0.2) is 120 Å². The number of hydrogen-bond donors (Lipinski definition) is 0. The van der Waals surface area contributed by atoms with E-state index in [2.05, 4.69) is 159 Å². The molecule has 0 N–H and O–H groups in total. The molecule has 0 amide bonds. The zero-order valence-electron chi connectivity index (χ0n) is 69.2. The summed E-state index contributed by atoms with van der Waals surface area (Å²) in [5.74, 6) is 0. The topological polar surface area (TPSA) is 318 Å². The molecular formula is C97H86N24O. The van der Waals surface area contributed by atoms with Crippen LogP contribution in [0.25, 0.3) is 121 Å². The molecule has 0 saturated heterocycles. The minimum absolute atomic E-state index is 0.000556. The van der Waals surface area contributed by atoms with Gasteiger partial charge in [0.05, 0.1) is 79.8 Å². The summed E-state index contributed by atoms with van der Waals surface area (Å²) in [6.45, 7) is 20.0. The Bertz CT molecular complexity index is 5950. The molecule has 0 bridgehead atoms. The van der Waals surface area contributed by atoms with Crippen molar-refractivity contribution in [1.82, 2.24) is 120 Å². The van der Waals surface area contributed by atoms with Gasteiger partial charge in [0, 0.05) is 131 Å². The van der Waals surface area contributed by atoms with Crippen LogP contribution < -0.4 is 5.56 Å². The van der Waals surface area contributed by atoms with E-state index in [1.807, 2.05) is 244 Å². The molecule has 16 heterocycles. The molecule has 22 rings (SSSR count). The smallest absolute Gasteiger partial charge is 0.260 e. The third-order valence-electron chi connectivity index (χ3n) is 18.8. The predicted molar refractivity (Wildman–Crippen MR) is 485 cm³/mol. The van der Waals surface area contributed by atoms with Crippen molar-refractivity contribution in [3.63, 3.8) is 0 Å². The average Bonchev–Trinajstić information content (AvgIpc) is 0.815. The van der Waals surface area contributed by atoms with Crippen molar-refractivity contribution in [3.8, 4) is 0 Å². The second-order valence-corrected chi connectivity index (χ2v) is 27.4. The summed E-state index contributed by atoms with van der Waals surface area (Å²) < 4.78 is 1.47. The third-order valence-corrected chi connectivity index (χ3v) is 18.8. The van der Waals surface area contributed by atoms with Gasteiger partial charge in [-0.05, 0) is 200 Å². The summed E-state index contributed by atoms with van der Waals surface area (Å²) in [5, 5.41) is 25.9. The summed E-state index contributed by atoms with van der Waals surface area (Å²) in [5.41, 5.74) is 22.3. The van der Waals surface area contributed by atoms with E-state index in [-0.39, 0.29) is 5.56 Å². The van der Waals surface area contributed by atoms with Crippen LogP contribution in [-0.2, 0) is 7.05 Å². The Morgan fingerprint density at radius 1 is 0.221 bits per heavy atom. The van der Waals surface area contributed by atoms with Crippen molar-refractivity contribution < 1.29 is 0 Å². The van der Waals surface area contributed by atoms with Gasteiger partial charge in [0.15, 0.2) is 16.9 Å². The summed E-state index contributed by atoms with van der Waals surface area (Å²) in [6.07, 6.45) is 30.6. The van der Waals surface area contributed by atoms with Gasteiger partial charge in [-0.15, -0.1) is 0 Å². The minimum atomic E-state index is 0.000556. The molecule has 0 atom stereocenters. The number of aromatic nitrogens is 24. The third kappa shape index (κ3) is 23.1. The number of para-hydroxylation sites is 3. The van der Waals surface area contributed by atoms with Crippen LogP contribution in [0.3, 0.4) is 0 Å². The first-order valence-electron chi connectivity index (χ1n) is 38.8. The van der Waals surface area contributed by atoms with Crippen molar-refractivity contribution in [2.45, 2.75) is 69.2 Å². The molecule has 0 aliphatic carbocycles. The largest absolute Gasteiger partial charge is 0.302 e. The molecule has 0 fully saturated rings. The maximum absolute atomic E-state index is 11.5. The number of aryl methyl sites for hydroxylation is 11. The SMILES string of the molecule is Cc1ccnc2ccccc12.Cc1ccnc2cccnc12.Cc1ccnc2ncccc12.Cc1ccnc2nccnc12.Cc1cnnc2ccccc12.Cc1nccc2ccccc12.Cc1ncnc2ccccc12.Cc1ncnc2cccnc12.Cc1ncnc2nccnc12.Cc1nncc2ccccc12.Cn1cnc2ccccc2c1=O. The lowest BCUT2D eigenvalue weighted by Gasteiger charge is -1.97. The van der Waals surface area contributed by atoms with Crippen LogP contribution in [0.1, 0.15) is 56.3 Å². The Kier molecular flexibility index (Phi) is 30.1. The number of fused-ring (bicyclic) bond motifs is 11. The van der Waals surface area contributed by atoms with Gasteiger partial charge in [0.25, 0.3) is 5.56 Å². The molecule has 22 aromatic rings. The Morgan fingerprint density at radius 2 is 0.623 bits per heavy atom. The molecule has 0 aliphatic heterocycles. The molecular weight excluding hydrogens is 1520 g/mol. The molecule has 0 aliphatic rings. The number of rotatable bonds is 0. The van der Waals surface area contributed by atoms with E-state index in [1.165, 1.54) is 66.4 Å². The van der Waals surface area contributed by atoms with Gasteiger partial charge in [-0.1, -0.05) is 115 Å². The Hall–Kier alpha value is -16.2. The number of benzene rings is 6. The first kappa shape index (κ1) is 85.2.